The molecule has 1 saturated heterocycles. The fraction of sp³-hybridized carbons (Fsp3) is 0.278. The Bertz CT molecular complexity index is 787. The average Bonchev–Trinajstić information content (AvgIpc) is 3.10. The van der Waals surface area contributed by atoms with Crippen molar-refractivity contribution in [3.8, 4) is 5.75 Å². The molecule has 0 bridgehead atoms. The summed E-state index contributed by atoms with van der Waals surface area (Å²) in [6, 6.07) is 8.06. The first-order valence-corrected chi connectivity index (χ1v) is 8.70. The summed E-state index contributed by atoms with van der Waals surface area (Å²) in [6.45, 7) is 4.05. The number of anilines is 1. The molecule has 1 aromatic carbocycles. The van der Waals surface area contributed by atoms with Crippen molar-refractivity contribution >= 4 is 28.7 Å². The minimum atomic E-state index is 0.579. The molecule has 2 aliphatic rings. The lowest BCUT2D eigenvalue weighted by molar-refractivity contribution is 0.382. The van der Waals surface area contributed by atoms with E-state index in [-0.39, 0.29) is 0 Å². The Hall–Kier alpha value is -2.67. The number of rotatable bonds is 2. The first-order valence-electron chi connectivity index (χ1n) is 8.29. The summed E-state index contributed by atoms with van der Waals surface area (Å²) in [5, 5.41) is 4.00. The molecule has 0 amide bonds. The topological polar surface area (TPSA) is 53.5 Å². The number of para-hydroxylation sites is 1. The predicted molar refractivity (Wildman–Crippen MR) is 101 cm³/mol. The summed E-state index contributed by atoms with van der Waals surface area (Å²) >= 11 is 5.55. The zero-order chi connectivity index (χ0) is 17.1. The number of hydrogen-bond acceptors (Lipinski definition) is 5. The summed E-state index contributed by atoms with van der Waals surface area (Å²) < 4.78 is 5.67. The van der Waals surface area contributed by atoms with Gasteiger partial charge in [-0.15, -0.1) is 0 Å². The molecule has 2 aliphatic heterocycles. The molecule has 3 heterocycles. The van der Waals surface area contributed by atoms with Crippen molar-refractivity contribution in [3.63, 3.8) is 0 Å². The Morgan fingerprint density at radius 1 is 1.16 bits per heavy atom. The van der Waals surface area contributed by atoms with E-state index in [2.05, 4.69) is 31.2 Å². The molecule has 6 nitrogen and oxygen atoms in total. The summed E-state index contributed by atoms with van der Waals surface area (Å²) in [7, 11) is 0. The summed E-state index contributed by atoms with van der Waals surface area (Å²) in [5.74, 6) is 1.85. The van der Waals surface area contributed by atoms with Gasteiger partial charge in [0, 0.05) is 55.9 Å². The van der Waals surface area contributed by atoms with Gasteiger partial charge in [-0.05, 0) is 18.3 Å². The summed E-state index contributed by atoms with van der Waals surface area (Å²) in [6.07, 6.45) is 7.18. The number of nitrogens with zero attached hydrogens (tertiary/aromatic N) is 4. The summed E-state index contributed by atoms with van der Waals surface area (Å²) in [4.78, 5) is 12.9. The lowest BCUT2D eigenvalue weighted by Gasteiger charge is -2.36. The third-order valence-electron chi connectivity index (χ3n) is 4.43. The minimum absolute atomic E-state index is 0.579. The van der Waals surface area contributed by atoms with Crippen molar-refractivity contribution in [1.82, 2.24) is 20.2 Å². The highest BCUT2D eigenvalue weighted by Gasteiger charge is 2.20. The first-order chi connectivity index (χ1) is 12.3. The molecule has 25 heavy (non-hydrogen) atoms. The van der Waals surface area contributed by atoms with Crippen molar-refractivity contribution in [3.05, 3.63) is 54.6 Å². The van der Waals surface area contributed by atoms with Crippen LogP contribution in [0.2, 0.25) is 0 Å². The van der Waals surface area contributed by atoms with E-state index in [1.54, 1.807) is 18.6 Å². The standard InChI is InChI=1S/C18H19N5OS/c25-18(21-11-14-13-24-16-4-2-1-3-15(14)16)23-9-7-22(8-10-23)17-12-19-5-6-20-17/h1-6,11-12H,7-10,13H2,(H,21,25)/b14-11-. The predicted octanol–water partition coefficient (Wildman–Crippen LogP) is 1.91. The molecule has 1 fully saturated rings. The Kier molecular flexibility index (Phi) is 4.47. The fourth-order valence-electron chi connectivity index (χ4n) is 3.04. The monoisotopic (exact) mass is 353 g/mol. The number of thiocarbonyl (C=S) groups is 1. The highest BCUT2D eigenvalue weighted by atomic mass is 32.1. The second-order valence-electron chi connectivity index (χ2n) is 5.94. The smallest absolute Gasteiger partial charge is 0.173 e. The molecule has 4 rings (SSSR count). The SMILES string of the molecule is S=C(N/C=C1/COc2ccccc21)N1CCN(c2cnccn2)CC1. The molecule has 2 aromatic rings. The van der Waals surface area contributed by atoms with Crippen LogP contribution in [0.4, 0.5) is 5.82 Å². The van der Waals surface area contributed by atoms with Crippen LogP contribution in [0.1, 0.15) is 5.56 Å². The second-order valence-corrected chi connectivity index (χ2v) is 6.33. The fourth-order valence-corrected chi connectivity index (χ4v) is 3.29. The number of aromatic nitrogens is 2. The van der Waals surface area contributed by atoms with Crippen LogP contribution in [0.15, 0.2) is 49.1 Å². The van der Waals surface area contributed by atoms with Gasteiger partial charge in [0.25, 0.3) is 0 Å². The van der Waals surface area contributed by atoms with Gasteiger partial charge in [0.2, 0.25) is 0 Å². The van der Waals surface area contributed by atoms with Gasteiger partial charge in [-0.25, -0.2) is 4.98 Å². The van der Waals surface area contributed by atoms with Crippen LogP contribution in [0.5, 0.6) is 5.75 Å². The Morgan fingerprint density at radius 2 is 2.00 bits per heavy atom. The van der Waals surface area contributed by atoms with Gasteiger partial charge in [0.15, 0.2) is 5.11 Å². The van der Waals surface area contributed by atoms with Crippen molar-refractivity contribution in [2.24, 2.45) is 0 Å². The van der Waals surface area contributed by atoms with Crippen LogP contribution in [0.3, 0.4) is 0 Å². The minimum Gasteiger partial charge on any atom is -0.488 e. The number of hydrogen-bond donors (Lipinski definition) is 1. The number of fused-ring (bicyclic) bond motifs is 1. The van der Waals surface area contributed by atoms with E-state index in [9.17, 15) is 0 Å². The third-order valence-corrected chi connectivity index (χ3v) is 4.80. The highest BCUT2D eigenvalue weighted by Crippen LogP contribution is 2.31. The van der Waals surface area contributed by atoms with Gasteiger partial charge < -0.3 is 19.9 Å². The molecule has 0 saturated carbocycles. The molecule has 1 aromatic heterocycles. The van der Waals surface area contributed by atoms with Crippen LogP contribution in [0.25, 0.3) is 5.57 Å². The largest absolute Gasteiger partial charge is 0.488 e. The van der Waals surface area contributed by atoms with Gasteiger partial charge in [-0.2, -0.15) is 0 Å². The van der Waals surface area contributed by atoms with Crippen LogP contribution in [-0.2, 0) is 0 Å². The van der Waals surface area contributed by atoms with E-state index >= 15 is 0 Å². The van der Waals surface area contributed by atoms with Crippen molar-refractivity contribution in [2.45, 2.75) is 0 Å². The van der Waals surface area contributed by atoms with E-state index in [0.29, 0.717) is 6.61 Å². The highest BCUT2D eigenvalue weighted by molar-refractivity contribution is 7.80. The Morgan fingerprint density at radius 3 is 2.80 bits per heavy atom. The molecule has 7 heteroatoms. The zero-order valence-electron chi connectivity index (χ0n) is 13.8. The van der Waals surface area contributed by atoms with Crippen molar-refractivity contribution < 1.29 is 4.74 Å². The van der Waals surface area contributed by atoms with Crippen LogP contribution in [0, 0.1) is 0 Å². The number of benzene rings is 1. The molecule has 0 atom stereocenters. The van der Waals surface area contributed by atoms with Crippen molar-refractivity contribution in [1.29, 1.82) is 0 Å². The van der Waals surface area contributed by atoms with E-state index in [1.807, 2.05) is 24.4 Å². The van der Waals surface area contributed by atoms with Crippen molar-refractivity contribution in [2.75, 3.05) is 37.7 Å². The van der Waals surface area contributed by atoms with E-state index < -0.39 is 0 Å². The molecule has 0 radical (unpaired) electrons. The molecule has 0 spiro atoms. The maximum absolute atomic E-state index is 5.67. The lowest BCUT2D eigenvalue weighted by atomic mass is 10.1. The molecular formula is C18H19N5OS. The van der Waals surface area contributed by atoms with E-state index in [0.717, 1.165) is 54.0 Å². The molecule has 0 aliphatic carbocycles. The van der Waals surface area contributed by atoms with Crippen LogP contribution in [-0.4, -0.2) is 52.8 Å². The average molecular weight is 353 g/mol. The van der Waals surface area contributed by atoms with E-state index in [1.165, 1.54) is 0 Å². The second kappa shape index (κ2) is 7.06. The maximum atomic E-state index is 5.67. The first kappa shape index (κ1) is 15.8. The van der Waals surface area contributed by atoms with Gasteiger partial charge in [0.1, 0.15) is 18.2 Å². The number of ether oxygens (including phenoxy) is 1. The van der Waals surface area contributed by atoms with Gasteiger partial charge in [0.05, 0.1) is 6.20 Å². The molecule has 1 N–H and O–H groups in total. The van der Waals surface area contributed by atoms with Gasteiger partial charge >= 0.3 is 0 Å². The zero-order valence-corrected chi connectivity index (χ0v) is 14.6. The normalized spacial score (nSPS) is 18.0. The Labute approximate surface area is 152 Å². The number of nitrogens with one attached hydrogen (secondary N) is 1. The molecule has 0 unspecified atom stereocenters. The van der Waals surface area contributed by atoms with Crippen LogP contribution >= 0.6 is 12.2 Å². The lowest BCUT2D eigenvalue weighted by Crippen LogP contribution is -2.51. The van der Waals surface area contributed by atoms with E-state index in [4.69, 9.17) is 17.0 Å². The maximum Gasteiger partial charge on any atom is 0.173 e. The quantitative estimate of drug-likeness (QED) is 0.828. The number of piperazine rings is 1. The summed E-state index contributed by atoms with van der Waals surface area (Å²) in [5.41, 5.74) is 2.25. The third kappa shape index (κ3) is 3.41. The molecule has 128 valence electrons. The van der Waals surface area contributed by atoms with Crippen LogP contribution < -0.4 is 15.0 Å². The Balaban J connectivity index is 1.34. The van der Waals surface area contributed by atoms with Gasteiger partial charge in [-0.1, -0.05) is 18.2 Å². The van der Waals surface area contributed by atoms with Gasteiger partial charge in [-0.3, -0.25) is 4.98 Å². The molecular weight excluding hydrogens is 334 g/mol.